The van der Waals surface area contributed by atoms with Crippen molar-refractivity contribution >= 4 is 29.2 Å². The molecule has 1 atom stereocenters. The van der Waals surface area contributed by atoms with E-state index in [1.54, 1.807) is 30.3 Å². The Morgan fingerprint density at radius 3 is 2.41 bits per heavy atom. The number of halogens is 3. The fourth-order valence-corrected chi connectivity index (χ4v) is 2.78. The van der Waals surface area contributed by atoms with Crippen molar-refractivity contribution in [1.29, 1.82) is 0 Å². The van der Waals surface area contributed by atoms with Crippen molar-refractivity contribution in [2.45, 2.75) is 19.4 Å². The summed E-state index contributed by atoms with van der Waals surface area (Å²) in [6.45, 7) is 1.49. The molecule has 2 aromatic carbocycles. The third kappa shape index (κ3) is 5.61. The van der Waals surface area contributed by atoms with Crippen LogP contribution < -0.4 is 10.6 Å². The van der Waals surface area contributed by atoms with E-state index in [9.17, 15) is 18.4 Å². The molecule has 0 aliphatic carbocycles. The second-order valence-corrected chi connectivity index (χ2v) is 6.84. The van der Waals surface area contributed by atoms with E-state index in [0.717, 1.165) is 23.8 Å². The van der Waals surface area contributed by atoms with Crippen LogP contribution in [0.3, 0.4) is 0 Å². The number of carbonyl (C=O) groups excluding carboxylic acids is 2. The first-order chi connectivity index (χ1) is 13.8. The lowest BCUT2D eigenvalue weighted by Gasteiger charge is -2.13. The fourth-order valence-electron chi connectivity index (χ4n) is 2.65. The summed E-state index contributed by atoms with van der Waals surface area (Å²) in [5.41, 5.74) is 1.69. The summed E-state index contributed by atoms with van der Waals surface area (Å²) in [5.74, 6) is -2.28. The maximum absolute atomic E-state index is 13.2. The zero-order chi connectivity index (χ0) is 21.0. The van der Waals surface area contributed by atoms with Crippen LogP contribution in [0.25, 0.3) is 11.3 Å². The van der Waals surface area contributed by atoms with Gasteiger partial charge in [-0.25, -0.2) is 8.78 Å². The molecular formula is C20H17ClF2N4O2. The van der Waals surface area contributed by atoms with Gasteiger partial charge >= 0.3 is 0 Å². The van der Waals surface area contributed by atoms with Gasteiger partial charge in [-0.3, -0.25) is 14.7 Å². The molecule has 0 saturated heterocycles. The second-order valence-electron chi connectivity index (χ2n) is 6.41. The van der Waals surface area contributed by atoms with E-state index >= 15 is 0 Å². The molecule has 9 heteroatoms. The molecular weight excluding hydrogens is 402 g/mol. The molecule has 0 bridgehead atoms. The average Bonchev–Trinajstić information content (AvgIpc) is 3.09. The number of benzene rings is 2. The molecule has 3 N–H and O–H groups in total. The van der Waals surface area contributed by atoms with Gasteiger partial charge in [-0.15, -0.1) is 0 Å². The fraction of sp³-hybridized carbons (Fsp3) is 0.150. The van der Waals surface area contributed by atoms with E-state index in [-0.39, 0.29) is 17.8 Å². The lowest BCUT2D eigenvalue weighted by molar-refractivity contribution is -0.125. The number of H-pyrrole nitrogens is 1. The molecule has 3 aromatic rings. The van der Waals surface area contributed by atoms with E-state index in [2.05, 4.69) is 20.8 Å². The monoisotopic (exact) mass is 418 g/mol. The van der Waals surface area contributed by atoms with Crippen LogP contribution in [0.1, 0.15) is 12.5 Å². The maximum Gasteiger partial charge on any atom is 0.247 e. The summed E-state index contributed by atoms with van der Waals surface area (Å²) in [5, 5.41) is 12.5. The van der Waals surface area contributed by atoms with Crippen LogP contribution in [0.5, 0.6) is 0 Å². The Balaban J connectivity index is 1.56. The van der Waals surface area contributed by atoms with Crippen molar-refractivity contribution in [2.75, 3.05) is 5.32 Å². The highest BCUT2D eigenvalue weighted by atomic mass is 35.5. The van der Waals surface area contributed by atoms with Crippen molar-refractivity contribution < 1.29 is 18.4 Å². The minimum Gasteiger partial charge on any atom is -0.344 e. The number of aromatic amines is 1. The van der Waals surface area contributed by atoms with Gasteiger partial charge in [0.05, 0.1) is 12.1 Å². The maximum atomic E-state index is 13.2. The van der Waals surface area contributed by atoms with Crippen molar-refractivity contribution in [3.63, 3.8) is 0 Å². The third-order valence-corrected chi connectivity index (χ3v) is 4.29. The van der Waals surface area contributed by atoms with Gasteiger partial charge < -0.3 is 10.6 Å². The number of rotatable bonds is 6. The van der Waals surface area contributed by atoms with Gasteiger partial charge in [0.2, 0.25) is 11.8 Å². The van der Waals surface area contributed by atoms with Gasteiger partial charge in [0, 0.05) is 17.2 Å². The summed E-state index contributed by atoms with van der Waals surface area (Å²) in [4.78, 5) is 24.3. The average molecular weight is 419 g/mol. The van der Waals surface area contributed by atoms with Crippen molar-refractivity contribution in [1.82, 2.24) is 15.5 Å². The molecule has 1 aromatic heterocycles. The normalized spacial score (nSPS) is 11.7. The van der Waals surface area contributed by atoms with Gasteiger partial charge in [-0.05, 0) is 42.3 Å². The molecule has 1 heterocycles. The highest BCUT2D eigenvalue weighted by molar-refractivity contribution is 6.30. The molecule has 0 aliphatic rings. The quantitative estimate of drug-likeness (QED) is 0.570. The molecule has 0 fully saturated rings. The number of amides is 2. The van der Waals surface area contributed by atoms with Gasteiger partial charge in [-0.1, -0.05) is 23.7 Å². The standard InChI is InChI=1S/C20H17ClF2N4O2/c1-11(24-19(28)8-12-6-15(22)9-16(23)7-12)20(29)25-18-10-17(26-27-18)13-2-4-14(21)5-3-13/h2-7,9-11H,8H2,1H3,(H,24,28)(H2,25,26,27,29). The Morgan fingerprint density at radius 1 is 1.10 bits per heavy atom. The molecule has 2 amide bonds. The van der Waals surface area contributed by atoms with Crippen LogP contribution >= 0.6 is 11.6 Å². The number of carbonyl (C=O) groups is 2. The Bertz CT molecular complexity index is 1020. The van der Waals surface area contributed by atoms with Crippen molar-refractivity contribution in [2.24, 2.45) is 0 Å². The van der Waals surface area contributed by atoms with Gasteiger partial charge in [-0.2, -0.15) is 5.10 Å². The number of aromatic nitrogens is 2. The SMILES string of the molecule is CC(NC(=O)Cc1cc(F)cc(F)c1)C(=O)Nc1cc(-c2ccc(Cl)cc2)[nH]n1. The zero-order valence-corrected chi connectivity index (χ0v) is 16.1. The summed E-state index contributed by atoms with van der Waals surface area (Å²) in [6, 6.07) is 10.7. The number of nitrogens with one attached hydrogen (secondary N) is 3. The molecule has 0 saturated carbocycles. The largest absolute Gasteiger partial charge is 0.344 e. The van der Waals surface area contributed by atoms with Crippen LogP contribution in [-0.2, 0) is 16.0 Å². The molecule has 6 nitrogen and oxygen atoms in total. The molecule has 0 radical (unpaired) electrons. The highest BCUT2D eigenvalue weighted by Crippen LogP contribution is 2.21. The second kappa shape index (κ2) is 8.83. The Morgan fingerprint density at radius 2 is 1.76 bits per heavy atom. The number of hydrogen-bond acceptors (Lipinski definition) is 3. The smallest absolute Gasteiger partial charge is 0.247 e. The van der Waals surface area contributed by atoms with Gasteiger partial charge in [0.25, 0.3) is 0 Å². The lowest BCUT2D eigenvalue weighted by Crippen LogP contribution is -2.42. The Labute approximate surface area is 170 Å². The van der Waals surface area contributed by atoms with Crippen LogP contribution in [0, 0.1) is 11.6 Å². The molecule has 150 valence electrons. The number of nitrogens with zero attached hydrogens (tertiary/aromatic N) is 1. The highest BCUT2D eigenvalue weighted by Gasteiger charge is 2.17. The van der Waals surface area contributed by atoms with E-state index in [1.807, 2.05) is 0 Å². The molecule has 1 unspecified atom stereocenters. The zero-order valence-electron chi connectivity index (χ0n) is 15.3. The van der Waals surface area contributed by atoms with E-state index < -0.39 is 29.5 Å². The summed E-state index contributed by atoms with van der Waals surface area (Å²) >= 11 is 5.86. The first-order valence-electron chi connectivity index (χ1n) is 8.66. The van der Waals surface area contributed by atoms with Crippen LogP contribution in [0.15, 0.2) is 48.5 Å². The van der Waals surface area contributed by atoms with E-state index in [0.29, 0.717) is 10.7 Å². The van der Waals surface area contributed by atoms with Crippen molar-refractivity contribution in [3.05, 3.63) is 70.8 Å². The Kier molecular flexibility index (Phi) is 6.23. The summed E-state index contributed by atoms with van der Waals surface area (Å²) in [7, 11) is 0. The van der Waals surface area contributed by atoms with Crippen LogP contribution in [0.2, 0.25) is 5.02 Å². The van der Waals surface area contributed by atoms with Gasteiger partial charge in [0.15, 0.2) is 5.82 Å². The van der Waals surface area contributed by atoms with Crippen LogP contribution in [-0.4, -0.2) is 28.1 Å². The minimum absolute atomic E-state index is 0.174. The van der Waals surface area contributed by atoms with Crippen LogP contribution in [0.4, 0.5) is 14.6 Å². The molecule has 3 rings (SSSR count). The predicted octanol–water partition coefficient (Wildman–Crippen LogP) is 3.69. The summed E-state index contributed by atoms with van der Waals surface area (Å²) in [6.07, 6.45) is -0.255. The third-order valence-electron chi connectivity index (χ3n) is 4.04. The molecule has 0 spiro atoms. The molecule has 0 aliphatic heterocycles. The number of hydrogen-bond donors (Lipinski definition) is 3. The van der Waals surface area contributed by atoms with E-state index in [1.165, 1.54) is 6.92 Å². The summed E-state index contributed by atoms with van der Waals surface area (Å²) < 4.78 is 26.4. The molecule has 29 heavy (non-hydrogen) atoms. The predicted molar refractivity (Wildman–Crippen MR) is 105 cm³/mol. The van der Waals surface area contributed by atoms with Gasteiger partial charge in [0.1, 0.15) is 17.7 Å². The first-order valence-corrected chi connectivity index (χ1v) is 9.04. The Hall–Kier alpha value is -3.26. The minimum atomic E-state index is -0.878. The topological polar surface area (TPSA) is 86.9 Å². The van der Waals surface area contributed by atoms with Crippen molar-refractivity contribution in [3.8, 4) is 11.3 Å². The first kappa shape index (κ1) is 20.5. The number of anilines is 1. The van der Waals surface area contributed by atoms with E-state index in [4.69, 9.17) is 11.6 Å². The lowest BCUT2D eigenvalue weighted by atomic mass is 10.1.